The molecule has 0 aromatic carbocycles. The van der Waals surface area contributed by atoms with Crippen LogP contribution < -0.4 is 10.5 Å². The van der Waals surface area contributed by atoms with E-state index in [1.807, 2.05) is 27.7 Å². The summed E-state index contributed by atoms with van der Waals surface area (Å²) in [5.41, 5.74) is 8.65. The molecule has 0 amide bonds. The van der Waals surface area contributed by atoms with Gasteiger partial charge in [0.05, 0.1) is 23.2 Å². The van der Waals surface area contributed by atoms with Gasteiger partial charge in [0.25, 0.3) is 5.95 Å². The minimum atomic E-state index is 0.0669. The number of rotatable bonds is 5. The Kier molecular flexibility index (Phi) is 4.22. The standard InChI is InChI=1S/C14H21N5O/c1-5-10-13(15)11(6-2)19(18-10)14-16-8-7-12(17-14)20-9(3)4/h7-9H,5-6,15H2,1-4H3. The molecular weight excluding hydrogens is 254 g/mol. The van der Waals surface area contributed by atoms with E-state index in [4.69, 9.17) is 10.5 Å². The Hall–Kier alpha value is -2.11. The van der Waals surface area contributed by atoms with Crippen molar-refractivity contribution in [3.63, 3.8) is 0 Å². The molecule has 2 N–H and O–H groups in total. The zero-order valence-electron chi connectivity index (χ0n) is 12.4. The van der Waals surface area contributed by atoms with E-state index >= 15 is 0 Å². The third-order valence-electron chi connectivity index (χ3n) is 2.93. The lowest BCUT2D eigenvalue weighted by Crippen LogP contribution is -2.11. The summed E-state index contributed by atoms with van der Waals surface area (Å²) in [5.74, 6) is 1.03. The van der Waals surface area contributed by atoms with E-state index in [1.165, 1.54) is 0 Å². The van der Waals surface area contributed by atoms with Gasteiger partial charge in [-0.3, -0.25) is 0 Å². The van der Waals surface area contributed by atoms with Gasteiger partial charge in [-0.2, -0.15) is 10.1 Å². The molecule has 0 bridgehead atoms. The molecule has 0 unspecified atom stereocenters. The molecule has 0 fully saturated rings. The van der Waals surface area contributed by atoms with Gasteiger partial charge >= 0.3 is 0 Å². The van der Waals surface area contributed by atoms with E-state index in [-0.39, 0.29) is 6.10 Å². The van der Waals surface area contributed by atoms with Crippen LogP contribution >= 0.6 is 0 Å². The summed E-state index contributed by atoms with van der Waals surface area (Å²) in [6.45, 7) is 7.99. The number of ether oxygens (including phenoxy) is 1. The Balaban J connectivity index is 2.45. The molecule has 2 heterocycles. The fraction of sp³-hybridized carbons (Fsp3) is 0.500. The minimum Gasteiger partial charge on any atom is -0.475 e. The highest BCUT2D eigenvalue weighted by Gasteiger charge is 2.16. The van der Waals surface area contributed by atoms with Gasteiger partial charge < -0.3 is 10.5 Å². The molecule has 20 heavy (non-hydrogen) atoms. The Morgan fingerprint density at radius 2 is 2.05 bits per heavy atom. The smallest absolute Gasteiger partial charge is 0.254 e. The van der Waals surface area contributed by atoms with Gasteiger partial charge in [0, 0.05) is 12.3 Å². The van der Waals surface area contributed by atoms with Crippen LogP contribution in [0.2, 0.25) is 0 Å². The number of hydrogen-bond acceptors (Lipinski definition) is 5. The molecular formula is C14H21N5O. The zero-order chi connectivity index (χ0) is 14.7. The first-order valence-electron chi connectivity index (χ1n) is 6.93. The summed E-state index contributed by atoms with van der Waals surface area (Å²) in [6.07, 6.45) is 3.30. The van der Waals surface area contributed by atoms with E-state index in [0.29, 0.717) is 11.8 Å². The molecule has 0 aliphatic carbocycles. The SMILES string of the molecule is CCc1nn(-c2nccc(OC(C)C)n2)c(CC)c1N. The van der Waals surface area contributed by atoms with Crippen LogP contribution in [0.1, 0.15) is 39.1 Å². The first kappa shape index (κ1) is 14.3. The quantitative estimate of drug-likeness (QED) is 0.904. The maximum atomic E-state index is 6.11. The average molecular weight is 275 g/mol. The highest BCUT2D eigenvalue weighted by Crippen LogP contribution is 2.21. The summed E-state index contributed by atoms with van der Waals surface area (Å²) >= 11 is 0. The van der Waals surface area contributed by atoms with Gasteiger partial charge in [0.2, 0.25) is 5.88 Å². The van der Waals surface area contributed by atoms with Crippen molar-refractivity contribution in [3.05, 3.63) is 23.7 Å². The van der Waals surface area contributed by atoms with Crippen molar-refractivity contribution in [1.82, 2.24) is 19.7 Å². The molecule has 6 heteroatoms. The maximum absolute atomic E-state index is 6.11. The molecule has 108 valence electrons. The fourth-order valence-electron chi connectivity index (χ4n) is 2.02. The van der Waals surface area contributed by atoms with Crippen LogP contribution in [0.25, 0.3) is 5.95 Å². The first-order chi connectivity index (χ1) is 9.56. The van der Waals surface area contributed by atoms with Gasteiger partial charge in [-0.05, 0) is 26.7 Å². The normalized spacial score (nSPS) is 11.1. The van der Waals surface area contributed by atoms with E-state index in [0.717, 1.165) is 29.9 Å². The molecule has 0 radical (unpaired) electrons. The second-order valence-electron chi connectivity index (χ2n) is 4.79. The maximum Gasteiger partial charge on any atom is 0.254 e. The molecule has 0 saturated carbocycles. The summed E-state index contributed by atoms with van der Waals surface area (Å²) in [7, 11) is 0. The van der Waals surface area contributed by atoms with Crippen LogP contribution in [-0.4, -0.2) is 25.9 Å². The summed E-state index contributed by atoms with van der Waals surface area (Å²) in [5, 5.41) is 4.50. The van der Waals surface area contributed by atoms with E-state index in [9.17, 15) is 0 Å². The Bertz CT molecular complexity index is 591. The highest BCUT2D eigenvalue weighted by atomic mass is 16.5. The highest BCUT2D eigenvalue weighted by molar-refractivity contribution is 5.50. The molecule has 0 spiro atoms. The van der Waals surface area contributed by atoms with Crippen LogP contribution in [-0.2, 0) is 12.8 Å². The molecule has 0 aliphatic rings. The van der Waals surface area contributed by atoms with Crippen molar-refractivity contribution < 1.29 is 4.74 Å². The van der Waals surface area contributed by atoms with Gasteiger partial charge in [-0.1, -0.05) is 13.8 Å². The second kappa shape index (κ2) is 5.90. The van der Waals surface area contributed by atoms with Gasteiger partial charge in [-0.25, -0.2) is 9.67 Å². The summed E-state index contributed by atoms with van der Waals surface area (Å²) in [4.78, 5) is 8.66. The van der Waals surface area contributed by atoms with Crippen LogP contribution in [0.15, 0.2) is 12.3 Å². The summed E-state index contributed by atoms with van der Waals surface area (Å²) < 4.78 is 7.30. The number of anilines is 1. The monoisotopic (exact) mass is 275 g/mol. The first-order valence-corrected chi connectivity index (χ1v) is 6.93. The second-order valence-corrected chi connectivity index (χ2v) is 4.79. The molecule has 0 saturated heterocycles. The summed E-state index contributed by atoms with van der Waals surface area (Å²) in [6, 6.07) is 1.74. The van der Waals surface area contributed by atoms with Gasteiger partial charge in [0.15, 0.2) is 0 Å². The van der Waals surface area contributed by atoms with Crippen molar-refractivity contribution in [2.45, 2.75) is 46.6 Å². The van der Waals surface area contributed by atoms with Gasteiger partial charge in [-0.15, -0.1) is 0 Å². The number of hydrogen-bond donors (Lipinski definition) is 1. The molecule has 2 aromatic heterocycles. The Labute approximate surface area is 119 Å². The molecule has 2 rings (SSSR count). The number of nitrogens with zero attached hydrogens (tertiary/aromatic N) is 4. The van der Waals surface area contributed by atoms with Crippen molar-refractivity contribution in [2.24, 2.45) is 0 Å². The molecule has 0 atom stereocenters. The Morgan fingerprint density at radius 1 is 1.30 bits per heavy atom. The number of aryl methyl sites for hydroxylation is 1. The van der Waals surface area contributed by atoms with E-state index < -0.39 is 0 Å². The van der Waals surface area contributed by atoms with Crippen LogP contribution in [0, 0.1) is 0 Å². The topological polar surface area (TPSA) is 78.8 Å². The van der Waals surface area contributed by atoms with Crippen molar-refractivity contribution in [1.29, 1.82) is 0 Å². The third kappa shape index (κ3) is 2.74. The third-order valence-corrected chi connectivity index (χ3v) is 2.93. The fourth-order valence-corrected chi connectivity index (χ4v) is 2.02. The van der Waals surface area contributed by atoms with Crippen LogP contribution in [0.4, 0.5) is 5.69 Å². The van der Waals surface area contributed by atoms with Crippen LogP contribution in [0.3, 0.4) is 0 Å². The lowest BCUT2D eigenvalue weighted by Gasteiger charge is -2.10. The minimum absolute atomic E-state index is 0.0669. The van der Waals surface area contributed by atoms with Crippen molar-refractivity contribution >= 4 is 5.69 Å². The van der Waals surface area contributed by atoms with Crippen LogP contribution in [0.5, 0.6) is 5.88 Å². The predicted molar refractivity (Wildman–Crippen MR) is 78.1 cm³/mol. The van der Waals surface area contributed by atoms with E-state index in [2.05, 4.69) is 15.1 Å². The van der Waals surface area contributed by atoms with Gasteiger partial charge in [0.1, 0.15) is 0 Å². The molecule has 2 aromatic rings. The average Bonchev–Trinajstić information content (AvgIpc) is 2.74. The predicted octanol–water partition coefficient (Wildman–Crippen LogP) is 2.16. The number of nitrogens with two attached hydrogens (primary N) is 1. The molecule has 6 nitrogen and oxygen atoms in total. The lowest BCUT2D eigenvalue weighted by atomic mass is 10.2. The number of nitrogen functional groups attached to an aromatic ring is 1. The van der Waals surface area contributed by atoms with Crippen molar-refractivity contribution in [2.75, 3.05) is 5.73 Å². The molecule has 0 aliphatic heterocycles. The largest absolute Gasteiger partial charge is 0.475 e. The lowest BCUT2D eigenvalue weighted by molar-refractivity contribution is 0.232. The number of aromatic nitrogens is 4. The Morgan fingerprint density at radius 3 is 2.65 bits per heavy atom. The zero-order valence-corrected chi connectivity index (χ0v) is 12.4. The van der Waals surface area contributed by atoms with Crippen molar-refractivity contribution in [3.8, 4) is 11.8 Å². The van der Waals surface area contributed by atoms with E-state index in [1.54, 1.807) is 16.9 Å².